The Morgan fingerprint density at radius 3 is 2.62 bits per heavy atom. The average Bonchev–Trinajstić information content (AvgIpc) is 3.28. The maximum Gasteiger partial charge on any atom is 0.254 e. The molecule has 1 atom stereocenters. The number of carbonyl (C=O) groups excluding carboxylic acids is 3. The van der Waals surface area contributed by atoms with Gasteiger partial charge in [-0.15, -0.1) is 0 Å². The minimum atomic E-state index is -0.499. The highest BCUT2D eigenvalue weighted by Gasteiger charge is 2.30. The number of hydrogen-bond acceptors (Lipinski definition) is 4. The molecule has 4 N–H and O–H groups in total. The van der Waals surface area contributed by atoms with Crippen molar-refractivity contribution in [2.45, 2.75) is 18.8 Å². The summed E-state index contributed by atoms with van der Waals surface area (Å²) in [6, 6.07) is 8.01. The Hall–Kier alpha value is -3.10. The van der Waals surface area contributed by atoms with Crippen LogP contribution in [0.4, 0.5) is 10.1 Å². The van der Waals surface area contributed by atoms with Crippen molar-refractivity contribution >= 4 is 46.6 Å². The normalized spacial score (nSPS) is 17.0. The molecule has 10 heteroatoms. The van der Waals surface area contributed by atoms with Crippen LogP contribution in [0.5, 0.6) is 0 Å². The molecule has 0 radical (unpaired) electrons. The first-order chi connectivity index (χ1) is 16.1. The van der Waals surface area contributed by atoms with Gasteiger partial charge in [-0.1, -0.05) is 35.8 Å². The van der Waals surface area contributed by atoms with Crippen LogP contribution in [0.15, 0.2) is 43.0 Å². The topological polar surface area (TPSA) is 110 Å². The minimum Gasteiger partial charge on any atom is -0.399 e. The fourth-order valence-electron chi connectivity index (χ4n) is 4.12. The van der Waals surface area contributed by atoms with Gasteiger partial charge in [0.1, 0.15) is 5.82 Å². The van der Waals surface area contributed by atoms with E-state index in [-0.39, 0.29) is 35.1 Å². The molecule has 2 heterocycles. The molecule has 2 aromatic rings. The first kappa shape index (κ1) is 25.5. The van der Waals surface area contributed by atoms with Crippen molar-refractivity contribution < 1.29 is 18.8 Å². The third-order valence-electron chi connectivity index (χ3n) is 5.81. The van der Waals surface area contributed by atoms with Gasteiger partial charge in [0.25, 0.3) is 5.91 Å². The van der Waals surface area contributed by atoms with Gasteiger partial charge >= 0.3 is 0 Å². The van der Waals surface area contributed by atoms with Crippen LogP contribution in [0.2, 0.25) is 10.0 Å². The average molecular weight is 507 g/mol. The van der Waals surface area contributed by atoms with Crippen molar-refractivity contribution in [3.8, 4) is 0 Å². The number of hydrogen-bond donors (Lipinski definition) is 2. The van der Waals surface area contributed by atoms with Crippen molar-refractivity contribution in [3.05, 3.63) is 75.5 Å². The number of halogens is 3. The molecule has 7 nitrogen and oxygen atoms in total. The second-order valence-corrected chi connectivity index (χ2v) is 8.88. The summed E-state index contributed by atoms with van der Waals surface area (Å²) in [6.45, 7) is 4.96. The van der Waals surface area contributed by atoms with Gasteiger partial charge < -0.3 is 21.3 Å². The Morgan fingerprint density at radius 2 is 1.94 bits per heavy atom. The molecular weight excluding hydrogens is 482 g/mol. The van der Waals surface area contributed by atoms with Crippen LogP contribution >= 0.6 is 23.2 Å². The van der Waals surface area contributed by atoms with E-state index in [1.165, 1.54) is 23.1 Å². The van der Waals surface area contributed by atoms with E-state index in [4.69, 9.17) is 34.7 Å². The number of nitrogens with zero attached hydrogens (tertiary/aromatic N) is 2. The van der Waals surface area contributed by atoms with Crippen LogP contribution in [0.1, 0.15) is 33.8 Å². The number of nitrogen functional groups attached to an aromatic ring is 1. The molecule has 0 saturated carbocycles. The predicted molar refractivity (Wildman–Crippen MR) is 130 cm³/mol. The van der Waals surface area contributed by atoms with Gasteiger partial charge in [-0.2, -0.15) is 0 Å². The Morgan fingerprint density at radius 1 is 1.21 bits per heavy atom. The van der Waals surface area contributed by atoms with Gasteiger partial charge in [-0.05, 0) is 48.7 Å². The van der Waals surface area contributed by atoms with E-state index in [9.17, 15) is 18.8 Å². The maximum absolute atomic E-state index is 13.8. The van der Waals surface area contributed by atoms with E-state index in [0.717, 1.165) is 12.0 Å². The molecule has 3 amide bonds. The minimum absolute atomic E-state index is 0.0347. The van der Waals surface area contributed by atoms with Gasteiger partial charge in [-0.3, -0.25) is 14.4 Å². The molecule has 4 rings (SSSR count). The van der Waals surface area contributed by atoms with Crippen LogP contribution in [0.25, 0.3) is 0 Å². The molecule has 0 aromatic heterocycles. The van der Waals surface area contributed by atoms with Crippen molar-refractivity contribution in [2.75, 3.05) is 31.9 Å². The lowest BCUT2D eigenvalue weighted by Gasteiger charge is -2.27. The summed E-state index contributed by atoms with van der Waals surface area (Å²) in [5, 5.41) is 0.580. The summed E-state index contributed by atoms with van der Waals surface area (Å²) in [4.78, 5) is 37.3. The smallest absolute Gasteiger partial charge is 0.254 e. The fourth-order valence-corrected chi connectivity index (χ4v) is 4.59. The summed E-state index contributed by atoms with van der Waals surface area (Å²) in [7, 11) is 0. The largest absolute Gasteiger partial charge is 0.399 e. The third kappa shape index (κ3) is 5.69. The van der Waals surface area contributed by atoms with Crippen molar-refractivity contribution in [3.63, 3.8) is 0 Å². The van der Waals surface area contributed by atoms with E-state index in [1.807, 2.05) is 6.07 Å². The van der Waals surface area contributed by atoms with Crippen molar-refractivity contribution in [2.24, 2.45) is 5.73 Å². The number of primary amides is 1. The number of amides is 3. The number of rotatable bonds is 4. The number of anilines is 1. The van der Waals surface area contributed by atoms with Crippen LogP contribution in [-0.4, -0.2) is 53.7 Å². The van der Waals surface area contributed by atoms with Crippen LogP contribution in [0.3, 0.4) is 0 Å². The summed E-state index contributed by atoms with van der Waals surface area (Å²) in [5.74, 6) is -1.30. The monoisotopic (exact) mass is 506 g/mol. The van der Waals surface area contributed by atoms with E-state index in [0.29, 0.717) is 47.9 Å². The lowest BCUT2D eigenvalue weighted by atomic mass is 9.98. The quantitative estimate of drug-likeness (QED) is 0.376. The second kappa shape index (κ2) is 10.9. The van der Waals surface area contributed by atoms with Crippen LogP contribution < -0.4 is 11.5 Å². The molecule has 1 unspecified atom stereocenters. The molecule has 2 aromatic carbocycles. The molecule has 180 valence electrons. The van der Waals surface area contributed by atoms with Gasteiger partial charge in [0.05, 0.1) is 16.6 Å². The number of carbonyl (C=O) groups is 3. The van der Waals surface area contributed by atoms with Crippen molar-refractivity contribution in [1.82, 2.24) is 9.80 Å². The zero-order chi connectivity index (χ0) is 25.0. The van der Waals surface area contributed by atoms with Crippen LogP contribution in [0, 0.1) is 5.82 Å². The lowest BCUT2D eigenvalue weighted by Crippen LogP contribution is -2.42. The molecule has 34 heavy (non-hydrogen) atoms. The number of benzene rings is 2. The summed E-state index contributed by atoms with van der Waals surface area (Å²) < 4.78 is 13.8. The highest BCUT2D eigenvalue weighted by Crippen LogP contribution is 2.37. The van der Waals surface area contributed by atoms with Gasteiger partial charge in [-0.25, -0.2) is 4.39 Å². The number of likely N-dealkylation sites (tertiary alicyclic amines) is 1. The highest BCUT2D eigenvalue weighted by molar-refractivity contribution is 6.42. The Kier molecular flexibility index (Phi) is 8.17. The molecule has 0 spiro atoms. The highest BCUT2D eigenvalue weighted by atomic mass is 35.5. The Labute approximate surface area is 207 Å². The van der Waals surface area contributed by atoms with Crippen molar-refractivity contribution in [1.29, 1.82) is 0 Å². The molecule has 2 aliphatic heterocycles. The molecule has 0 bridgehead atoms. The summed E-state index contributed by atoms with van der Waals surface area (Å²) in [5.41, 5.74) is 13.2. The summed E-state index contributed by atoms with van der Waals surface area (Å²) >= 11 is 11.9. The van der Waals surface area contributed by atoms with E-state index in [2.05, 4.69) is 6.58 Å². The van der Waals surface area contributed by atoms with Crippen LogP contribution in [-0.2, 0) is 16.0 Å². The van der Waals surface area contributed by atoms with Gasteiger partial charge in [0.2, 0.25) is 11.8 Å². The van der Waals surface area contributed by atoms with E-state index in [1.54, 1.807) is 17.0 Å². The number of nitrogens with two attached hydrogens (primary N) is 2. The molecule has 1 saturated heterocycles. The Bertz CT molecular complexity index is 1140. The predicted octanol–water partition coefficient (Wildman–Crippen LogP) is 3.39. The third-order valence-corrected chi connectivity index (χ3v) is 6.63. The zero-order valence-electron chi connectivity index (χ0n) is 18.4. The molecular formula is C24H25Cl2FN4O3. The fraction of sp³-hybridized carbons (Fsp3) is 0.292. The molecule has 1 fully saturated rings. The van der Waals surface area contributed by atoms with E-state index < -0.39 is 5.91 Å². The molecule has 2 aliphatic rings. The van der Waals surface area contributed by atoms with Gasteiger partial charge in [0.15, 0.2) is 0 Å². The van der Waals surface area contributed by atoms with E-state index >= 15 is 0 Å². The second-order valence-electron chi connectivity index (χ2n) is 8.09. The first-order valence-corrected chi connectivity index (χ1v) is 11.4. The lowest BCUT2D eigenvalue weighted by molar-refractivity contribution is -0.125. The SMILES string of the molecule is C=CC(=O)N1CCC(c2c(F)ccc(Cl)c2Cl)C1.NC(=O)CN1CCc2ccc(N)cc2C1=O. The molecule has 0 aliphatic carbocycles. The van der Waals surface area contributed by atoms with Gasteiger partial charge in [0, 0.05) is 42.4 Å². The first-order valence-electron chi connectivity index (χ1n) is 10.6. The Balaban J connectivity index is 0.000000192. The maximum atomic E-state index is 13.8. The zero-order valence-corrected chi connectivity index (χ0v) is 19.9. The number of fused-ring (bicyclic) bond motifs is 1. The standard InChI is InChI=1S/C13H12Cl2FNO.C11H13N3O2/c1-2-11(18)17-6-5-8(7-17)12-10(16)4-3-9(14)13(12)15;12-8-2-1-7-3-4-14(6-10(13)15)11(16)9(7)5-8/h2-4,8H,1,5-7H2;1-2,5H,3-4,6,12H2,(H2,13,15). The summed E-state index contributed by atoms with van der Waals surface area (Å²) in [6.07, 6.45) is 2.67.